The Hall–Kier alpha value is -2.01. The number of rotatable bonds is 21. The van der Waals surface area contributed by atoms with E-state index in [1.54, 1.807) is 0 Å². The molecule has 0 saturated heterocycles. The van der Waals surface area contributed by atoms with Gasteiger partial charge in [-0.25, -0.2) is 4.57 Å². The van der Waals surface area contributed by atoms with Crippen molar-refractivity contribution in [1.29, 1.82) is 0 Å². The Labute approximate surface area is 212 Å². The van der Waals surface area contributed by atoms with Crippen LogP contribution in [0.15, 0.2) is 24.3 Å². The first-order valence-electron chi connectivity index (χ1n) is 12.3. The van der Waals surface area contributed by atoms with Crippen molar-refractivity contribution < 1.29 is 47.8 Å². The van der Waals surface area contributed by atoms with Gasteiger partial charge in [0.1, 0.15) is 24.5 Å². The minimum Gasteiger partial charge on any atom is -0.493 e. The number of aliphatic hydroxyl groups is 1. The van der Waals surface area contributed by atoms with Gasteiger partial charge in [0.15, 0.2) is 0 Å². The molecule has 3 atom stereocenters. The maximum atomic E-state index is 12.1. The van der Waals surface area contributed by atoms with Gasteiger partial charge in [0.05, 0.1) is 19.8 Å². The van der Waals surface area contributed by atoms with Crippen LogP contribution in [0, 0.1) is 0 Å². The van der Waals surface area contributed by atoms with Crippen LogP contribution < -0.4 is 10.5 Å². The summed E-state index contributed by atoms with van der Waals surface area (Å²) in [6.07, 6.45) is 7.41. The molecule has 0 saturated carbocycles. The van der Waals surface area contributed by atoms with Gasteiger partial charge in [0, 0.05) is 6.42 Å². The Kier molecular flexibility index (Phi) is 16.2. The Morgan fingerprint density at radius 2 is 1.64 bits per heavy atom. The fourth-order valence-corrected chi connectivity index (χ4v) is 3.89. The van der Waals surface area contributed by atoms with Crippen LogP contribution in [0.3, 0.4) is 0 Å². The Morgan fingerprint density at radius 1 is 1.00 bits per heavy atom. The fraction of sp³-hybridized carbons (Fsp3) is 0.667. The van der Waals surface area contributed by atoms with Crippen molar-refractivity contribution in [3.63, 3.8) is 0 Å². The first-order chi connectivity index (χ1) is 17.1. The van der Waals surface area contributed by atoms with Gasteiger partial charge in [-0.05, 0) is 24.5 Å². The molecule has 0 aliphatic carbocycles. The molecule has 0 radical (unpaired) electrons. The number of ether oxygens (including phenoxy) is 2. The maximum Gasteiger partial charge on any atom is 0.472 e. The van der Waals surface area contributed by atoms with Crippen molar-refractivity contribution in [2.24, 2.45) is 5.73 Å². The molecule has 0 aliphatic heterocycles. The van der Waals surface area contributed by atoms with Gasteiger partial charge in [-0.15, -0.1) is 0 Å². The van der Waals surface area contributed by atoms with Crippen molar-refractivity contribution >= 4 is 19.8 Å². The summed E-state index contributed by atoms with van der Waals surface area (Å²) in [4.78, 5) is 32.1. The third kappa shape index (κ3) is 15.2. The number of phosphoric ester groups is 1. The average molecular weight is 534 g/mol. The second-order valence-electron chi connectivity index (χ2n) is 8.42. The van der Waals surface area contributed by atoms with E-state index in [0.29, 0.717) is 13.0 Å². The van der Waals surface area contributed by atoms with E-state index in [1.165, 1.54) is 32.1 Å². The number of para-hydroxylation sites is 1. The highest BCUT2D eigenvalue weighted by Gasteiger charge is 2.26. The second kappa shape index (κ2) is 18.3. The van der Waals surface area contributed by atoms with E-state index in [4.69, 9.17) is 20.3 Å². The van der Waals surface area contributed by atoms with E-state index in [0.717, 1.165) is 24.2 Å². The van der Waals surface area contributed by atoms with E-state index < -0.39 is 51.7 Å². The van der Waals surface area contributed by atoms with Crippen LogP contribution >= 0.6 is 7.82 Å². The number of carbonyl (C=O) groups excluding carboxylic acids is 1. The highest BCUT2D eigenvalue weighted by atomic mass is 31.2. The highest BCUT2D eigenvalue weighted by Crippen LogP contribution is 2.43. The summed E-state index contributed by atoms with van der Waals surface area (Å²) in [6, 6.07) is 5.97. The lowest BCUT2D eigenvalue weighted by Crippen LogP contribution is -2.34. The molecule has 1 aromatic rings. The average Bonchev–Trinajstić information content (AvgIpc) is 2.85. The molecule has 12 heteroatoms. The van der Waals surface area contributed by atoms with Gasteiger partial charge < -0.3 is 30.3 Å². The molecule has 0 bridgehead atoms. The maximum absolute atomic E-state index is 12.1. The lowest BCUT2D eigenvalue weighted by atomic mass is 10.1. The van der Waals surface area contributed by atoms with E-state index in [2.05, 4.69) is 16.0 Å². The van der Waals surface area contributed by atoms with Crippen LogP contribution in [0.25, 0.3) is 0 Å². The standard InChI is InChI=1S/C24H40NO10P/c1-2-3-4-5-6-7-10-15-32-22-12-9-8-11-19(22)13-14-23(27)33-16-20(26)17-34-36(30,31)35-18-21(25)24(28)29/h8-9,11-12,20-21,26H,2-7,10,13-18,25H2,1H3,(H,28,29)(H,30,31)/t20-,21+/m1/s1. The molecule has 5 N–H and O–H groups in total. The molecule has 1 rings (SSSR count). The second-order valence-corrected chi connectivity index (χ2v) is 9.87. The number of unbranched alkanes of at least 4 members (excludes halogenated alkanes) is 6. The molecule has 0 aliphatic rings. The highest BCUT2D eigenvalue weighted by molar-refractivity contribution is 7.47. The predicted octanol–water partition coefficient (Wildman–Crippen LogP) is 3.20. The van der Waals surface area contributed by atoms with Crippen molar-refractivity contribution in [3.8, 4) is 5.75 Å². The number of nitrogens with two attached hydrogens (primary N) is 1. The van der Waals surface area contributed by atoms with E-state index in [-0.39, 0.29) is 6.42 Å². The summed E-state index contributed by atoms with van der Waals surface area (Å²) in [5.74, 6) is -1.25. The topological polar surface area (TPSA) is 175 Å². The smallest absolute Gasteiger partial charge is 0.472 e. The van der Waals surface area contributed by atoms with Gasteiger partial charge in [-0.2, -0.15) is 0 Å². The van der Waals surface area contributed by atoms with E-state index in [9.17, 15) is 24.2 Å². The molecule has 0 heterocycles. The van der Waals surface area contributed by atoms with Gasteiger partial charge in [-0.3, -0.25) is 18.6 Å². The Bertz CT molecular complexity index is 822. The van der Waals surface area contributed by atoms with Crippen LogP contribution in [0.5, 0.6) is 5.75 Å². The molecule has 0 spiro atoms. The SMILES string of the molecule is CCCCCCCCCOc1ccccc1CCC(=O)OC[C@@H](O)COP(=O)(O)OC[C@H](N)C(=O)O. The number of esters is 1. The zero-order valence-corrected chi connectivity index (χ0v) is 21.8. The number of hydrogen-bond donors (Lipinski definition) is 4. The molecular weight excluding hydrogens is 493 g/mol. The summed E-state index contributed by atoms with van der Waals surface area (Å²) >= 11 is 0. The summed E-state index contributed by atoms with van der Waals surface area (Å²) in [5, 5.41) is 18.5. The molecule has 11 nitrogen and oxygen atoms in total. The minimum absolute atomic E-state index is 0.0556. The number of hydrogen-bond acceptors (Lipinski definition) is 9. The molecule has 0 aromatic heterocycles. The number of aliphatic carboxylic acids is 1. The Morgan fingerprint density at radius 3 is 2.33 bits per heavy atom. The number of phosphoric acid groups is 1. The molecule has 1 unspecified atom stereocenters. The van der Waals surface area contributed by atoms with Crippen molar-refractivity contribution in [3.05, 3.63) is 29.8 Å². The van der Waals surface area contributed by atoms with E-state index >= 15 is 0 Å². The lowest BCUT2D eigenvalue weighted by molar-refractivity contribution is -0.147. The minimum atomic E-state index is -4.62. The summed E-state index contributed by atoms with van der Waals surface area (Å²) < 4.78 is 31.6. The summed E-state index contributed by atoms with van der Waals surface area (Å²) in [6.45, 7) is 0.938. The van der Waals surface area contributed by atoms with Crippen LogP contribution in [-0.2, 0) is 34.4 Å². The molecule has 0 amide bonds. The molecule has 36 heavy (non-hydrogen) atoms. The molecule has 1 aromatic carbocycles. The van der Waals surface area contributed by atoms with Crippen molar-refractivity contribution in [2.75, 3.05) is 26.4 Å². The zero-order valence-electron chi connectivity index (χ0n) is 20.9. The van der Waals surface area contributed by atoms with Crippen LogP contribution in [0.4, 0.5) is 0 Å². The van der Waals surface area contributed by atoms with Gasteiger partial charge >= 0.3 is 19.8 Å². The fourth-order valence-electron chi connectivity index (χ4n) is 3.10. The number of carboxylic acids is 1. The van der Waals surface area contributed by atoms with Crippen molar-refractivity contribution in [2.45, 2.75) is 76.9 Å². The summed E-state index contributed by atoms with van der Waals surface area (Å²) in [5.41, 5.74) is 6.04. The molecule has 206 valence electrons. The normalized spacial score (nSPS) is 14.6. The van der Waals surface area contributed by atoms with Crippen LogP contribution in [-0.4, -0.2) is 65.6 Å². The predicted molar refractivity (Wildman–Crippen MR) is 133 cm³/mol. The quantitative estimate of drug-likeness (QED) is 0.104. The molecular formula is C24H40NO10P. The third-order valence-corrected chi connectivity index (χ3v) is 6.13. The zero-order chi connectivity index (χ0) is 26.8. The number of carboxylic acid groups (broad SMARTS) is 1. The number of aliphatic hydroxyl groups excluding tert-OH is 1. The van der Waals surface area contributed by atoms with Gasteiger partial charge in [0.25, 0.3) is 0 Å². The van der Waals surface area contributed by atoms with Gasteiger partial charge in [-0.1, -0.05) is 63.6 Å². The van der Waals surface area contributed by atoms with Crippen molar-refractivity contribution in [1.82, 2.24) is 0 Å². The lowest BCUT2D eigenvalue weighted by Gasteiger charge is -2.16. The first kappa shape index (κ1) is 32.0. The summed E-state index contributed by atoms with van der Waals surface area (Å²) in [7, 11) is -4.62. The Balaban J connectivity index is 2.29. The third-order valence-electron chi connectivity index (χ3n) is 5.18. The number of benzene rings is 1. The van der Waals surface area contributed by atoms with E-state index in [1.807, 2.05) is 24.3 Å². The monoisotopic (exact) mass is 533 g/mol. The van der Waals surface area contributed by atoms with Crippen LogP contribution in [0.2, 0.25) is 0 Å². The number of carbonyl (C=O) groups is 2. The largest absolute Gasteiger partial charge is 0.493 e. The first-order valence-corrected chi connectivity index (χ1v) is 13.8. The van der Waals surface area contributed by atoms with Crippen LogP contribution in [0.1, 0.15) is 63.9 Å². The van der Waals surface area contributed by atoms with Gasteiger partial charge in [0.2, 0.25) is 0 Å². The molecule has 0 fully saturated rings. The number of aryl methyl sites for hydroxylation is 1.